The smallest absolute Gasteiger partial charge is 0.264 e. The largest absolute Gasteiger partial charge is 0.394 e. The van der Waals surface area contributed by atoms with Crippen molar-refractivity contribution in [2.75, 3.05) is 0 Å². The van der Waals surface area contributed by atoms with Crippen molar-refractivity contribution in [2.45, 2.75) is 0 Å². The van der Waals surface area contributed by atoms with E-state index in [1.165, 1.54) is 0 Å². The Hall–Kier alpha value is 0.558. The predicted molar refractivity (Wildman–Crippen MR) is 19.9 cm³/mol. The summed E-state index contributed by atoms with van der Waals surface area (Å²) in [7, 11) is -4.67. The van der Waals surface area contributed by atoms with Crippen LogP contribution in [0.5, 0.6) is 0 Å². The Morgan fingerprint density at radius 2 is 1.14 bits per heavy atom. The van der Waals surface area contributed by atoms with Crippen LogP contribution in [0, 0.1) is 0 Å². The fourth-order valence-corrected chi connectivity index (χ4v) is 0. The van der Waals surface area contributed by atoms with Gasteiger partial charge in [0.25, 0.3) is 0 Å². The normalized spacial score (nSPS) is 8.29. The van der Waals surface area contributed by atoms with Crippen LogP contribution in [-0.4, -0.2) is 25.9 Å². The Morgan fingerprint density at radius 1 is 1.14 bits per heavy atom. The molecule has 0 aromatic heterocycles. The third-order valence-corrected chi connectivity index (χ3v) is 0. The second-order valence-corrected chi connectivity index (χ2v) is 1.34. The molecule has 37 valence electrons. The molecule has 0 aliphatic rings. The molecule has 0 fully saturated rings. The molecule has 0 unspecified atom stereocenters. The molecule has 0 aliphatic carbocycles. The van der Waals surface area contributed by atoms with Crippen molar-refractivity contribution < 1.29 is 37.0 Å². The maximum Gasteiger partial charge on any atom is 0.394 e. The molecule has 0 aromatic rings. The summed E-state index contributed by atoms with van der Waals surface area (Å²) in [6.07, 6.45) is 0. The molecule has 0 saturated heterocycles. The van der Waals surface area contributed by atoms with Gasteiger partial charge in [-0.25, -0.2) is 0 Å². The SMILES string of the molecule is O=S(=O)(O)O.[B].[Zn]. The maximum absolute atomic E-state index is 8.74. The molecule has 7 heteroatoms. The van der Waals surface area contributed by atoms with Gasteiger partial charge in [0.2, 0.25) is 0 Å². The molecule has 7 heavy (non-hydrogen) atoms. The van der Waals surface area contributed by atoms with Crippen molar-refractivity contribution in [3.05, 3.63) is 0 Å². The molecule has 0 rings (SSSR count). The second-order valence-electron chi connectivity index (χ2n) is 0.448. The minimum Gasteiger partial charge on any atom is -0.264 e. The average molecular weight is 174 g/mol. The van der Waals surface area contributed by atoms with E-state index in [2.05, 4.69) is 0 Å². The first-order chi connectivity index (χ1) is 2.00. The minimum absolute atomic E-state index is 0. The molecule has 0 atom stereocenters. The van der Waals surface area contributed by atoms with Crippen LogP contribution in [0.25, 0.3) is 0 Å². The van der Waals surface area contributed by atoms with Gasteiger partial charge in [-0.1, -0.05) is 0 Å². The van der Waals surface area contributed by atoms with E-state index in [9.17, 15) is 0 Å². The number of hydrogen-bond donors (Lipinski definition) is 2. The molecule has 0 heterocycles. The van der Waals surface area contributed by atoms with E-state index in [4.69, 9.17) is 17.5 Å². The molecule has 0 spiro atoms. The van der Waals surface area contributed by atoms with Gasteiger partial charge in [0.15, 0.2) is 0 Å². The van der Waals surface area contributed by atoms with E-state index in [1.54, 1.807) is 0 Å². The maximum atomic E-state index is 8.74. The Labute approximate surface area is 56.2 Å². The summed E-state index contributed by atoms with van der Waals surface area (Å²) >= 11 is 0. The predicted octanol–water partition coefficient (Wildman–Crippen LogP) is -1.04. The van der Waals surface area contributed by atoms with Crippen LogP contribution in [0.1, 0.15) is 0 Å². The van der Waals surface area contributed by atoms with Crippen molar-refractivity contribution in [1.29, 1.82) is 0 Å². The van der Waals surface area contributed by atoms with Gasteiger partial charge in [-0.05, 0) is 0 Å². The van der Waals surface area contributed by atoms with Crippen LogP contribution in [0.4, 0.5) is 0 Å². The Morgan fingerprint density at radius 3 is 1.14 bits per heavy atom. The van der Waals surface area contributed by atoms with Gasteiger partial charge < -0.3 is 0 Å². The topological polar surface area (TPSA) is 74.6 Å². The monoisotopic (exact) mass is 173 g/mol. The molecule has 2 N–H and O–H groups in total. The third kappa shape index (κ3) is 437. The van der Waals surface area contributed by atoms with Crippen molar-refractivity contribution in [3.8, 4) is 0 Å². The van der Waals surface area contributed by atoms with Crippen LogP contribution < -0.4 is 0 Å². The first-order valence-corrected chi connectivity index (χ1v) is 2.10. The molecule has 0 aliphatic heterocycles. The Kier molecular flexibility index (Phi) is 10.5. The third-order valence-electron chi connectivity index (χ3n) is 0. The molecule has 3 radical (unpaired) electrons. The average Bonchev–Trinajstić information content (AvgIpc) is 0.722. The van der Waals surface area contributed by atoms with Gasteiger partial charge in [0.05, 0.1) is 0 Å². The van der Waals surface area contributed by atoms with Gasteiger partial charge in [-0.3, -0.25) is 9.11 Å². The zero-order valence-electron chi connectivity index (χ0n) is 3.40. The summed E-state index contributed by atoms with van der Waals surface area (Å²) in [6.45, 7) is 0. The molecule has 0 aromatic carbocycles. The van der Waals surface area contributed by atoms with E-state index < -0.39 is 10.4 Å². The molecule has 0 saturated carbocycles. The Balaban J connectivity index is -0.0000000800. The van der Waals surface area contributed by atoms with E-state index in [-0.39, 0.29) is 27.9 Å². The van der Waals surface area contributed by atoms with Crippen LogP contribution >= 0.6 is 0 Å². The molecule has 4 nitrogen and oxygen atoms in total. The van der Waals surface area contributed by atoms with Gasteiger partial charge in [-0.15, -0.1) is 0 Å². The van der Waals surface area contributed by atoms with Gasteiger partial charge in [0, 0.05) is 27.9 Å². The summed E-state index contributed by atoms with van der Waals surface area (Å²) in [4.78, 5) is 0. The number of rotatable bonds is 0. The van der Waals surface area contributed by atoms with Crippen LogP contribution in [0.3, 0.4) is 0 Å². The van der Waals surface area contributed by atoms with Crippen LogP contribution in [-0.2, 0) is 29.9 Å². The summed E-state index contributed by atoms with van der Waals surface area (Å²) in [5.74, 6) is 0. The summed E-state index contributed by atoms with van der Waals surface area (Å²) in [5, 5.41) is 0. The first-order valence-electron chi connectivity index (χ1n) is 0.698. The zero-order chi connectivity index (χ0) is 4.50. The minimum atomic E-state index is -4.67. The second kappa shape index (κ2) is 4.71. The number of hydrogen-bond acceptors (Lipinski definition) is 2. The van der Waals surface area contributed by atoms with Crippen molar-refractivity contribution in [1.82, 2.24) is 0 Å². The fourth-order valence-electron chi connectivity index (χ4n) is 0. The summed E-state index contributed by atoms with van der Waals surface area (Å²) < 4.78 is 31.6. The standard InChI is InChI=1S/B.H2O4S.Zn/c;1-5(2,3)4;/h;(H2,1,2,3,4);. The quantitative estimate of drug-likeness (QED) is 0.363. The van der Waals surface area contributed by atoms with Gasteiger partial charge in [0.1, 0.15) is 0 Å². The first kappa shape index (κ1) is 15.6. The molecule has 0 amide bonds. The Bertz CT molecular complexity index is 94.9. The van der Waals surface area contributed by atoms with Crippen molar-refractivity contribution >= 4 is 18.8 Å². The summed E-state index contributed by atoms with van der Waals surface area (Å²) in [6, 6.07) is 0. The fraction of sp³-hybridized carbons (Fsp3) is 0. The molecular weight excluding hydrogens is 172 g/mol. The van der Waals surface area contributed by atoms with E-state index >= 15 is 0 Å². The molecular formula is H2BO4SZn. The van der Waals surface area contributed by atoms with Crippen molar-refractivity contribution in [2.24, 2.45) is 0 Å². The van der Waals surface area contributed by atoms with Crippen molar-refractivity contribution in [3.63, 3.8) is 0 Å². The molecule has 0 bridgehead atoms. The van der Waals surface area contributed by atoms with Gasteiger partial charge in [-0.2, -0.15) is 8.42 Å². The van der Waals surface area contributed by atoms with Gasteiger partial charge >= 0.3 is 10.4 Å². The summed E-state index contributed by atoms with van der Waals surface area (Å²) in [5.41, 5.74) is 0. The van der Waals surface area contributed by atoms with E-state index in [1.807, 2.05) is 0 Å². The zero-order valence-corrected chi connectivity index (χ0v) is 7.19. The van der Waals surface area contributed by atoms with Crippen LogP contribution in [0.15, 0.2) is 0 Å². The van der Waals surface area contributed by atoms with E-state index in [0.29, 0.717) is 0 Å². The van der Waals surface area contributed by atoms with E-state index in [0.717, 1.165) is 0 Å². The van der Waals surface area contributed by atoms with Crippen LogP contribution in [0.2, 0.25) is 0 Å².